The molecule has 156 valence electrons. The van der Waals surface area contributed by atoms with Gasteiger partial charge in [0.05, 0.1) is 13.4 Å². The maximum absolute atomic E-state index is 12.6. The highest BCUT2D eigenvalue weighted by Crippen LogP contribution is 2.28. The number of amides is 1. The van der Waals surface area contributed by atoms with Crippen LogP contribution in [0.5, 0.6) is 5.75 Å². The van der Waals surface area contributed by atoms with Gasteiger partial charge < -0.3 is 10.1 Å². The molecular weight excluding hydrogens is 406 g/mol. The molecule has 9 nitrogen and oxygen atoms in total. The van der Waals surface area contributed by atoms with Crippen molar-refractivity contribution < 1.29 is 26.4 Å². The third-order valence-corrected chi connectivity index (χ3v) is 7.72. The summed E-state index contributed by atoms with van der Waals surface area (Å²) in [4.78, 5) is 12.5. The van der Waals surface area contributed by atoms with E-state index in [0.29, 0.717) is 25.9 Å². The van der Waals surface area contributed by atoms with Crippen molar-refractivity contribution in [2.75, 3.05) is 26.5 Å². The van der Waals surface area contributed by atoms with Crippen molar-refractivity contribution in [3.63, 3.8) is 0 Å². The summed E-state index contributed by atoms with van der Waals surface area (Å²) in [7, 11) is -5.64. The van der Waals surface area contributed by atoms with Crippen LogP contribution >= 0.6 is 0 Å². The van der Waals surface area contributed by atoms with Crippen LogP contribution in [0.25, 0.3) is 0 Å². The molecule has 1 aliphatic heterocycles. The number of rotatable bonds is 7. The van der Waals surface area contributed by atoms with E-state index in [2.05, 4.69) is 10.0 Å². The average Bonchev–Trinajstić information content (AvgIpc) is 3.44. The molecule has 1 heterocycles. The Morgan fingerprint density at radius 1 is 1.07 bits per heavy atom. The first-order valence-electron chi connectivity index (χ1n) is 9.06. The van der Waals surface area contributed by atoms with Crippen molar-refractivity contribution in [1.82, 2.24) is 14.3 Å². The Hall–Kier alpha value is -1.69. The van der Waals surface area contributed by atoms with E-state index in [1.807, 2.05) is 0 Å². The quantitative estimate of drug-likeness (QED) is 0.640. The summed E-state index contributed by atoms with van der Waals surface area (Å²) in [6, 6.07) is 4.05. The van der Waals surface area contributed by atoms with Crippen molar-refractivity contribution in [3.8, 4) is 5.75 Å². The number of nitrogens with one attached hydrogen (secondary N) is 2. The smallest absolute Gasteiger partial charge is 0.251 e. The number of carbonyl (C=O) groups is 1. The molecule has 0 aromatic heterocycles. The number of hydrogen-bond donors (Lipinski definition) is 2. The second-order valence-corrected chi connectivity index (χ2v) is 10.8. The summed E-state index contributed by atoms with van der Waals surface area (Å²) in [6.45, 7) is 0.689. The van der Waals surface area contributed by atoms with Crippen molar-refractivity contribution >= 4 is 26.0 Å². The highest BCUT2D eigenvalue weighted by Gasteiger charge is 2.31. The topological polar surface area (TPSA) is 122 Å². The van der Waals surface area contributed by atoms with Crippen molar-refractivity contribution in [2.45, 2.75) is 42.7 Å². The number of ether oxygens (including phenoxy) is 1. The van der Waals surface area contributed by atoms with Crippen molar-refractivity contribution in [1.29, 1.82) is 0 Å². The maximum atomic E-state index is 12.6. The molecule has 28 heavy (non-hydrogen) atoms. The summed E-state index contributed by atoms with van der Waals surface area (Å²) in [5.41, 5.74) is 0.211. The van der Waals surface area contributed by atoms with E-state index in [-0.39, 0.29) is 28.3 Å². The molecule has 2 N–H and O–H groups in total. The van der Waals surface area contributed by atoms with Gasteiger partial charge in [-0.1, -0.05) is 0 Å². The molecule has 1 aromatic rings. The van der Waals surface area contributed by atoms with Crippen LogP contribution < -0.4 is 14.8 Å². The Balaban J connectivity index is 1.71. The number of benzene rings is 1. The van der Waals surface area contributed by atoms with E-state index in [1.165, 1.54) is 35.9 Å². The van der Waals surface area contributed by atoms with Crippen LogP contribution in [0, 0.1) is 0 Å². The molecule has 1 saturated carbocycles. The molecule has 1 saturated heterocycles. The number of sulfonamides is 2. The van der Waals surface area contributed by atoms with Crippen molar-refractivity contribution in [3.05, 3.63) is 23.8 Å². The molecule has 1 aromatic carbocycles. The lowest BCUT2D eigenvalue weighted by Crippen LogP contribution is -2.46. The minimum absolute atomic E-state index is 0.0628. The zero-order valence-electron chi connectivity index (χ0n) is 15.8. The Morgan fingerprint density at radius 3 is 2.25 bits per heavy atom. The Labute approximate surface area is 165 Å². The van der Waals surface area contributed by atoms with Gasteiger partial charge in [0.25, 0.3) is 5.91 Å². The highest BCUT2D eigenvalue weighted by atomic mass is 32.2. The van der Waals surface area contributed by atoms with Gasteiger partial charge in [-0.2, -0.15) is 0 Å². The maximum Gasteiger partial charge on any atom is 0.251 e. The zero-order chi connectivity index (χ0) is 20.5. The Bertz CT molecular complexity index is 949. The number of carbonyl (C=O) groups excluding carboxylic acids is 1. The van der Waals surface area contributed by atoms with Crippen LogP contribution in [0.2, 0.25) is 0 Å². The zero-order valence-corrected chi connectivity index (χ0v) is 17.5. The van der Waals surface area contributed by atoms with Crippen LogP contribution in [-0.4, -0.2) is 65.6 Å². The minimum Gasteiger partial charge on any atom is -0.495 e. The van der Waals surface area contributed by atoms with Gasteiger partial charge in [-0.3, -0.25) is 4.79 Å². The fraction of sp³-hybridized carbons (Fsp3) is 0.588. The number of piperidine rings is 1. The largest absolute Gasteiger partial charge is 0.495 e. The standard InChI is InChI=1S/C17H25N3O6S2/c1-26-15-6-3-12(11-16(15)28(24,25)19-14-4-5-14)17(21)18-13-7-9-20(10-8-13)27(2,22)23/h3,6,11,13-14,19H,4-5,7-10H2,1-2H3,(H,18,21). The molecule has 0 radical (unpaired) electrons. The number of hydrogen-bond acceptors (Lipinski definition) is 6. The fourth-order valence-corrected chi connectivity index (χ4v) is 5.49. The normalized spacial score (nSPS) is 19.4. The monoisotopic (exact) mass is 431 g/mol. The van der Waals surface area contributed by atoms with Crippen LogP contribution in [0.4, 0.5) is 0 Å². The molecule has 2 fully saturated rings. The van der Waals surface area contributed by atoms with Gasteiger partial charge in [0.15, 0.2) is 0 Å². The third kappa shape index (κ3) is 5.02. The predicted molar refractivity (Wildman–Crippen MR) is 103 cm³/mol. The Kier molecular flexibility index (Phi) is 5.99. The van der Waals surface area contributed by atoms with E-state index in [1.54, 1.807) is 0 Å². The van der Waals surface area contributed by atoms with Gasteiger partial charge in [0.2, 0.25) is 20.0 Å². The van der Waals surface area contributed by atoms with Crippen LogP contribution in [0.3, 0.4) is 0 Å². The first-order valence-corrected chi connectivity index (χ1v) is 12.4. The van der Waals surface area contributed by atoms with Crippen LogP contribution in [0.15, 0.2) is 23.1 Å². The lowest BCUT2D eigenvalue weighted by atomic mass is 10.1. The Morgan fingerprint density at radius 2 is 1.71 bits per heavy atom. The molecule has 0 unspecified atom stereocenters. The molecule has 2 aliphatic rings. The molecular formula is C17H25N3O6S2. The van der Waals surface area contributed by atoms with Gasteiger partial charge >= 0.3 is 0 Å². The summed E-state index contributed by atoms with van der Waals surface area (Å²) < 4.78 is 57.4. The van der Waals surface area contributed by atoms with E-state index < -0.39 is 26.0 Å². The van der Waals surface area contributed by atoms with Crippen molar-refractivity contribution in [2.24, 2.45) is 0 Å². The van der Waals surface area contributed by atoms with E-state index in [9.17, 15) is 21.6 Å². The summed E-state index contributed by atoms with van der Waals surface area (Å²) in [6.07, 6.45) is 3.77. The van der Waals surface area contributed by atoms with Crippen LogP contribution in [-0.2, 0) is 20.0 Å². The second-order valence-electron chi connectivity index (χ2n) is 7.17. The minimum atomic E-state index is -3.78. The highest BCUT2D eigenvalue weighted by molar-refractivity contribution is 7.89. The van der Waals surface area contributed by atoms with Gasteiger partial charge in [0.1, 0.15) is 10.6 Å². The molecule has 1 aliphatic carbocycles. The van der Waals surface area contributed by atoms with E-state index in [0.717, 1.165) is 12.8 Å². The summed E-state index contributed by atoms with van der Waals surface area (Å²) in [5, 5.41) is 2.86. The predicted octanol–water partition coefficient (Wildman–Crippen LogP) is 0.290. The third-order valence-electron chi connectivity index (χ3n) is 4.87. The van der Waals surface area contributed by atoms with Gasteiger partial charge in [-0.05, 0) is 43.9 Å². The summed E-state index contributed by atoms with van der Waals surface area (Å²) in [5.74, 6) is -0.227. The molecule has 0 atom stereocenters. The molecule has 0 spiro atoms. The first kappa shape index (κ1) is 21.0. The number of methoxy groups -OCH3 is 1. The van der Waals surface area contributed by atoms with Gasteiger partial charge in [-0.15, -0.1) is 0 Å². The van der Waals surface area contributed by atoms with E-state index >= 15 is 0 Å². The molecule has 1 amide bonds. The molecule has 3 rings (SSSR count). The lowest BCUT2D eigenvalue weighted by Gasteiger charge is -2.30. The lowest BCUT2D eigenvalue weighted by molar-refractivity contribution is 0.0923. The van der Waals surface area contributed by atoms with E-state index in [4.69, 9.17) is 4.74 Å². The summed E-state index contributed by atoms with van der Waals surface area (Å²) >= 11 is 0. The molecule has 11 heteroatoms. The second kappa shape index (κ2) is 7.97. The average molecular weight is 432 g/mol. The van der Waals surface area contributed by atoms with Crippen LogP contribution in [0.1, 0.15) is 36.0 Å². The number of nitrogens with zero attached hydrogens (tertiary/aromatic N) is 1. The van der Waals surface area contributed by atoms with Gasteiger partial charge in [-0.25, -0.2) is 25.9 Å². The first-order chi connectivity index (χ1) is 13.1. The molecule has 0 bridgehead atoms. The fourth-order valence-electron chi connectivity index (χ4n) is 3.11. The van der Waals surface area contributed by atoms with Gasteiger partial charge in [0, 0.05) is 30.7 Å². The SMILES string of the molecule is COc1ccc(C(=O)NC2CCN(S(C)(=O)=O)CC2)cc1S(=O)(=O)NC1CC1.